The third-order valence-electron chi connectivity index (χ3n) is 2.50. The van der Waals surface area contributed by atoms with E-state index in [-0.39, 0.29) is 0 Å². The molecule has 2 rings (SSSR count). The lowest BCUT2D eigenvalue weighted by Gasteiger charge is -2.20. The van der Waals surface area contributed by atoms with Crippen molar-refractivity contribution in [2.24, 2.45) is 0 Å². The lowest BCUT2D eigenvalue weighted by Crippen LogP contribution is -2.18. The first-order valence-corrected chi connectivity index (χ1v) is 5.79. The van der Waals surface area contributed by atoms with Gasteiger partial charge in [0.05, 0.1) is 6.54 Å². The zero-order chi connectivity index (χ0) is 11.5. The largest absolute Gasteiger partial charge is 0.388 e. The fourth-order valence-corrected chi connectivity index (χ4v) is 2.06. The molecule has 0 amide bonds. The molecule has 0 fully saturated rings. The van der Waals surface area contributed by atoms with Gasteiger partial charge in [-0.3, -0.25) is 0 Å². The first-order valence-electron chi connectivity index (χ1n) is 5.02. The van der Waals surface area contributed by atoms with E-state index in [0.29, 0.717) is 11.5 Å². The third kappa shape index (κ3) is 2.14. The van der Waals surface area contributed by atoms with Crippen molar-refractivity contribution in [1.82, 2.24) is 9.59 Å². The Morgan fingerprint density at radius 2 is 2.12 bits per heavy atom. The molecule has 0 aliphatic heterocycles. The predicted molar refractivity (Wildman–Crippen MR) is 67.6 cm³/mol. The molecular formula is C11H14N4S. The first kappa shape index (κ1) is 10.9. The zero-order valence-electron chi connectivity index (χ0n) is 9.34. The number of anilines is 2. The molecule has 0 unspecified atom stereocenters. The number of rotatable bonds is 3. The summed E-state index contributed by atoms with van der Waals surface area (Å²) in [6, 6.07) is 8.24. The lowest BCUT2D eigenvalue weighted by molar-refractivity contribution is 0.871. The average molecular weight is 234 g/mol. The van der Waals surface area contributed by atoms with Crippen LogP contribution in [0.25, 0.3) is 0 Å². The molecule has 2 aromatic rings. The summed E-state index contributed by atoms with van der Waals surface area (Å²) in [6.07, 6.45) is 0. The SMILES string of the molecule is Cc1ccccc1N(C)Cc1nnsc1N. The van der Waals surface area contributed by atoms with Crippen molar-refractivity contribution >= 4 is 22.2 Å². The minimum atomic E-state index is 0.688. The Morgan fingerprint density at radius 3 is 2.75 bits per heavy atom. The Morgan fingerprint density at radius 1 is 1.38 bits per heavy atom. The smallest absolute Gasteiger partial charge is 0.132 e. The van der Waals surface area contributed by atoms with E-state index in [9.17, 15) is 0 Å². The summed E-state index contributed by atoms with van der Waals surface area (Å²) in [5.41, 5.74) is 9.05. The number of nitrogen functional groups attached to an aromatic ring is 1. The number of hydrogen-bond acceptors (Lipinski definition) is 5. The van der Waals surface area contributed by atoms with Crippen LogP contribution < -0.4 is 10.6 Å². The molecule has 16 heavy (non-hydrogen) atoms. The maximum absolute atomic E-state index is 5.77. The summed E-state index contributed by atoms with van der Waals surface area (Å²) in [5.74, 6) is 0. The molecule has 1 aromatic heterocycles. The van der Waals surface area contributed by atoms with Crippen LogP contribution in [0.3, 0.4) is 0 Å². The normalized spacial score (nSPS) is 10.4. The maximum atomic E-state index is 5.77. The summed E-state index contributed by atoms with van der Waals surface area (Å²) in [4.78, 5) is 2.13. The van der Waals surface area contributed by atoms with E-state index in [4.69, 9.17) is 5.73 Å². The van der Waals surface area contributed by atoms with E-state index in [1.807, 2.05) is 19.2 Å². The van der Waals surface area contributed by atoms with Crippen LogP contribution in [0.15, 0.2) is 24.3 Å². The van der Waals surface area contributed by atoms with Crippen LogP contribution in [0, 0.1) is 6.92 Å². The second-order valence-electron chi connectivity index (χ2n) is 3.73. The fraction of sp³-hybridized carbons (Fsp3) is 0.273. The Kier molecular flexibility index (Phi) is 3.05. The molecule has 1 aromatic carbocycles. The second kappa shape index (κ2) is 4.49. The van der Waals surface area contributed by atoms with Crippen molar-refractivity contribution in [3.05, 3.63) is 35.5 Å². The van der Waals surface area contributed by atoms with Gasteiger partial charge in [0.1, 0.15) is 10.7 Å². The maximum Gasteiger partial charge on any atom is 0.132 e. The minimum absolute atomic E-state index is 0.688. The Bertz CT molecular complexity index is 480. The van der Waals surface area contributed by atoms with E-state index in [0.717, 1.165) is 5.69 Å². The molecule has 2 N–H and O–H groups in total. The van der Waals surface area contributed by atoms with Crippen LogP contribution in [0.5, 0.6) is 0 Å². The van der Waals surface area contributed by atoms with Crippen LogP contribution in [0.1, 0.15) is 11.3 Å². The molecule has 0 aliphatic rings. The summed E-state index contributed by atoms with van der Waals surface area (Å²) >= 11 is 1.24. The highest BCUT2D eigenvalue weighted by atomic mass is 32.1. The van der Waals surface area contributed by atoms with Gasteiger partial charge in [0.15, 0.2) is 0 Å². The summed E-state index contributed by atoms with van der Waals surface area (Å²) in [5, 5.41) is 4.71. The van der Waals surface area contributed by atoms with Gasteiger partial charge in [-0.2, -0.15) is 0 Å². The quantitative estimate of drug-likeness (QED) is 0.883. The van der Waals surface area contributed by atoms with Gasteiger partial charge in [-0.15, -0.1) is 5.10 Å². The Hall–Kier alpha value is -1.62. The minimum Gasteiger partial charge on any atom is -0.388 e. The van der Waals surface area contributed by atoms with Crippen LogP contribution in [-0.2, 0) is 6.54 Å². The van der Waals surface area contributed by atoms with Gasteiger partial charge in [-0.1, -0.05) is 22.7 Å². The number of benzene rings is 1. The van der Waals surface area contributed by atoms with Gasteiger partial charge in [0.2, 0.25) is 0 Å². The van der Waals surface area contributed by atoms with Crippen molar-refractivity contribution in [2.75, 3.05) is 17.7 Å². The zero-order valence-corrected chi connectivity index (χ0v) is 10.2. The average Bonchev–Trinajstić information content (AvgIpc) is 2.65. The number of aryl methyl sites for hydroxylation is 1. The molecule has 1 heterocycles. The highest BCUT2D eigenvalue weighted by Gasteiger charge is 2.09. The molecule has 0 radical (unpaired) electrons. The number of aromatic nitrogens is 2. The molecule has 0 spiro atoms. The van der Waals surface area contributed by atoms with Crippen LogP contribution in [-0.4, -0.2) is 16.6 Å². The molecule has 0 saturated heterocycles. The number of hydrogen-bond donors (Lipinski definition) is 1. The van der Waals surface area contributed by atoms with Gasteiger partial charge in [-0.25, -0.2) is 0 Å². The third-order valence-corrected chi connectivity index (χ3v) is 3.09. The monoisotopic (exact) mass is 234 g/mol. The first-order chi connectivity index (χ1) is 7.68. The lowest BCUT2D eigenvalue weighted by atomic mass is 10.2. The van der Waals surface area contributed by atoms with Crippen molar-refractivity contribution in [2.45, 2.75) is 13.5 Å². The van der Waals surface area contributed by atoms with E-state index < -0.39 is 0 Å². The van der Waals surface area contributed by atoms with Crippen molar-refractivity contribution in [1.29, 1.82) is 0 Å². The van der Waals surface area contributed by atoms with Gasteiger partial charge in [-0.05, 0) is 18.6 Å². The standard InChI is InChI=1S/C11H14N4S/c1-8-5-3-4-6-10(8)15(2)7-9-11(12)16-14-13-9/h3-6H,7,12H2,1-2H3. The topological polar surface area (TPSA) is 55.0 Å². The molecular weight excluding hydrogens is 220 g/mol. The van der Waals surface area contributed by atoms with Crippen molar-refractivity contribution in [3.8, 4) is 0 Å². The van der Waals surface area contributed by atoms with E-state index in [2.05, 4.69) is 33.5 Å². The van der Waals surface area contributed by atoms with Crippen molar-refractivity contribution in [3.63, 3.8) is 0 Å². The van der Waals surface area contributed by atoms with Gasteiger partial charge < -0.3 is 10.6 Å². The van der Waals surface area contributed by atoms with E-state index in [1.54, 1.807) is 0 Å². The summed E-state index contributed by atoms with van der Waals surface area (Å²) in [6.45, 7) is 2.78. The molecule has 0 saturated carbocycles. The molecule has 5 heteroatoms. The summed E-state index contributed by atoms with van der Waals surface area (Å²) < 4.78 is 3.83. The molecule has 0 aliphatic carbocycles. The van der Waals surface area contributed by atoms with Crippen LogP contribution in [0.2, 0.25) is 0 Å². The molecule has 0 bridgehead atoms. The fourth-order valence-electron chi connectivity index (χ4n) is 1.63. The Balaban J connectivity index is 2.18. The Labute approximate surface area is 98.9 Å². The molecule has 0 atom stereocenters. The van der Waals surface area contributed by atoms with Gasteiger partial charge >= 0.3 is 0 Å². The van der Waals surface area contributed by atoms with E-state index >= 15 is 0 Å². The van der Waals surface area contributed by atoms with Crippen LogP contribution >= 0.6 is 11.5 Å². The second-order valence-corrected chi connectivity index (χ2v) is 4.51. The number of nitrogens with two attached hydrogens (primary N) is 1. The summed E-state index contributed by atoms with van der Waals surface area (Å²) in [7, 11) is 2.03. The van der Waals surface area contributed by atoms with Crippen LogP contribution in [0.4, 0.5) is 10.7 Å². The highest BCUT2D eigenvalue weighted by Crippen LogP contribution is 2.21. The van der Waals surface area contributed by atoms with Crippen molar-refractivity contribution < 1.29 is 0 Å². The van der Waals surface area contributed by atoms with Gasteiger partial charge in [0.25, 0.3) is 0 Å². The molecule has 4 nitrogen and oxygen atoms in total. The number of para-hydroxylation sites is 1. The highest BCUT2D eigenvalue weighted by molar-refractivity contribution is 7.09. The predicted octanol–water partition coefficient (Wildman–Crippen LogP) is 2.07. The number of nitrogens with zero attached hydrogens (tertiary/aromatic N) is 3. The van der Waals surface area contributed by atoms with E-state index in [1.165, 1.54) is 22.8 Å². The van der Waals surface area contributed by atoms with Gasteiger partial charge in [0, 0.05) is 24.3 Å². The molecule has 84 valence electrons.